The molecule has 0 radical (unpaired) electrons. The van der Waals surface area contributed by atoms with Crippen molar-refractivity contribution < 1.29 is 9.90 Å². The molecule has 1 heterocycles. The molecule has 3 nitrogen and oxygen atoms in total. The summed E-state index contributed by atoms with van der Waals surface area (Å²) in [5.41, 5.74) is 2.67. The molecular formula is C15H16BrNO2. The Balaban J connectivity index is 2.23. The van der Waals surface area contributed by atoms with Crippen LogP contribution in [0.5, 0.6) is 0 Å². The summed E-state index contributed by atoms with van der Waals surface area (Å²) in [7, 11) is 0. The number of benzene rings is 1. The molecule has 100 valence electrons. The lowest BCUT2D eigenvalue weighted by atomic mass is 10.0. The van der Waals surface area contributed by atoms with E-state index in [-0.39, 0.29) is 0 Å². The van der Waals surface area contributed by atoms with E-state index in [1.165, 1.54) is 5.56 Å². The molecule has 0 aliphatic carbocycles. The summed E-state index contributed by atoms with van der Waals surface area (Å²) in [6, 6.07) is 9.91. The summed E-state index contributed by atoms with van der Waals surface area (Å²) in [5.74, 6) is -0.408. The van der Waals surface area contributed by atoms with E-state index in [0.29, 0.717) is 18.2 Å². The number of carbonyl (C=O) groups is 1. The molecule has 2 rings (SSSR count). The van der Waals surface area contributed by atoms with Crippen LogP contribution in [-0.4, -0.2) is 15.6 Å². The number of carboxylic acids is 1. The molecule has 0 saturated heterocycles. The number of aromatic nitrogens is 1. The quantitative estimate of drug-likeness (QED) is 0.920. The van der Waals surface area contributed by atoms with Gasteiger partial charge in [0.2, 0.25) is 0 Å². The van der Waals surface area contributed by atoms with Crippen LogP contribution in [0.25, 0.3) is 0 Å². The molecule has 1 aromatic heterocycles. The van der Waals surface area contributed by atoms with E-state index in [0.717, 1.165) is 10.0 Å². The van der Waals surface area contributed by atoms with Gasteiger partial charge in [0, 0.05) is 17.2 Å². The van der Waals surface area contributed by atoms with Gasteiger partial charge in [-0.05, 0) is 39.0 Å². The average Bonchev–Trinajstić information content (AvgIpc) is 2.71. The lowest BCUT2D eigenvalue weighted by Gasteiger charge is -2.09. The first-order chi connectivity index (χ1) is 8.97. The maximum atomic E-state index is 11.1. The monoisotopic (exact) mass is 321 g/mol. The Labute approximate surface area is 121 Å². The van der Waals surface area contributed by atoms with E-state index in [1.807, 2.05) is 0 Å². The molecular weight excluding hydrogens is 306 g/mol. The second kappa shape index (κ2) is 5.61. The molecule has 0 unspecified atom stereocenters. The van der Waals surface area contributed by atoms with Crippen molar-refractivity contribution in [1.29, 1.82) is 0 Å². The number of rotatable bonds is 4. The minimum atomic E-state index is -0.912. The highest BCUT2D eigenvalue weighted by Crippen LogP contribution is 2.19. The number of aromatic carboxylic acids is 1. The first kappa shape index (κ1) is 13.9. The first-order valence-corrected chi connectivity index (χ1v) is 6.94. The second-order valence-corrected chi connectivity index (χ2v) is 5.79. The molecule has 0 bridgehead atoms. The molecule has 1 aromatic carbocycles. The fraction of sp³-hybridized carbons (Fsp3) is 0.267. The standard InChI is InChI=1S/C15H16BrNO2/c1-10(2)12-5-3-11(4-6-12)8-17-9-13(16)7-14(17)15(18)19/h3-7,9-10H,8H2,1-2H3,(H,18,19). The molecule has 0 aliphatic heterocycles. The Hall–Kier alpha value is -1.55. The van der Waals surface area contributed by atoms with Gasteiger partial charge in [0.15, 0.2) is 0 Å². The largest absolute Gasteiger partial charge is 0.477 e. The van der Waals surface area contributed by atoms with Crippen LogP contribution in [0.3, 0.4) is 0 Å². The smallest absolute Gasteiger partial charge is 0.352 e. The lowest BCUT2D eigenvalue weighted by Crippen LogP contribution is -2.08. The van der Waals surface area contributed by atoms with Crippen molar-refractivity contribution in [2.24, 2.45) is 0 Å². The summed E-state index contributed by atoms with van der Waals surface area (Å²) in [6.45, 7) is 4.87. The Bertz CT molecular complexity index is 585. The zero-order valence-electron chi connectivity index (χ0n) is 10.9. The van der Waals surface area contributed by atoms with Crippen LogP contribution in [0.4, 0.5) is 0 Å². The van der Waals surface area contributed by atoms with Gasteiger partial charge in [-0.1, -0.05) is 38.1 Å². The number of nitrogens with zero attached hydrogens (tertiary/aromatic N) is 1. The van der Waals surface area contributed by atoms with Crippen molar-refractivity contribution >= 4 is 21.9 Å². The van der Waals surface area contributed by atoms with Gasteiger partial charge in [-0.25, -0.2) is 4.79 Å². The highest BCUT2D eigenvalue weighted by Gasteiger charge is 2.11. The van der Waals surface area contributed by atoms with E-state index in [2.05, 4.69) is 54.0 Å². The second-order valence-electron chi connectivity index (χ2n) is 4.87. The Morgan fingerprint density at radius 3 is 2.47 bits per heavy atom. The maximum Gasteiger partial charge on any atom is 0.352 e. The summed E-state index contributed by atoms with van der Waals surface area (Å²) in [4.78, 5) is 11.1. The van der Waals surface area contributed by atoms with Gasteiger partial charge < -0.3 is 9.67 Å². The average molecular weight is 322 g/mol. The van der Waals surface area contributed by atoms with Crippen molar-refractivity contribution in [2.45, 2.75) is 26.3 Å². The zero-order chi connectivity index (χ0) is 14.0. The van der Waals surface area contributed by atoms with E-state index >= 15 is 0 Å². The molecule has 0 spiro atoms. The molecule has 1 N–H and O–H groups in total. The first-order valence-electron chi connectivity index (χ1n) is 6.15. The van der Waals surface area contributed by atoms with Crippen molar-refractivity contribution in [3.8, 4) is 0 Å². The minimum absolute atomic E-state index is 0.291. The predicted octanol–water partition coefficient (Wildman–Crippen LogP) is 4.12. The summed E-state index contributed by atoms with van der Waals surface area (Å²) < 4.78 is 2.51. The van der Waals surface area contributed by atoms with Crippen LogP contribution < -0.4 is 0 Å². The number of halogens is 1. The third kappa shape index (κ3) is 3.26. The normalized spacial score (nSPS) is 10.9. The van der Waals surface area contributed by atoms with Crippen molar-refractivity contribution in [2.75, 3.05) is 0 Å². The Morgan fingerprint density at radius 2 is 1.95 bits per heavy atom. The Morgan fingerprint density at radius 1 is 1.32 bits per heavy atom. The summed E-state index contributed by atoms with van der Waals surface area (Å²) in [6.07, 6.45) is 1.79. The van der Waals surface area contributed by atoms with Crippen LogP contribution in [0.1, 0.15) is 41.4 Å². The molecule has 0 saturated carbocycles. The number of hydrogen-bond donors (Lipinski definition) is 1. The highest BCUT2D eigenvalue weighted by molar-refractivity contribution is 9.10. The molecule has 4 heteroatoms. The fourth-order valence-corrected chi connectivity index (χ4v) is 2.45. The van der Waals surface area contributed by atoms with Crippen molar-refractivity contribution in [3.05, 3.63) is 57.8 Å². The van der Waals surface area contributed by atoms with Crippen LogP contribution in [-0.2, 0) is 6.54 Å². The van der Waals surface area contributed by atoms with Crippen LogP contribution >= 0.6 is 15.9 Å². The van der Waals surface area contributed by atoms with E-state index in [1.54, 1.807) is 16.8 Å². The van der Waals surface area contributed by atoms with Gasteiger partial charge >= 0.3 is 5.97 Å². The molecule has 19 heavy (non-hydrogen) atoms. The zero-order valence-corrected chi connectivity index (χ0v) is 12.5. The molecule has 2 aromatic rings. The van der Waals surface area contributed by atoms with E-state index in [9.17, 15) is 4.79 Å². The van der Waals surface area contributed by atoms with Crippen LogP contribution in [0.15, 0.2) is 41.0 Å². The van der Waals surface area contributed by atoms with Gasteiger partial charge in [0.05, 0.1) is 0 Å². The van der Waals surface area contributed by atoms with E-state index in [4.69, 9.17) is 5.11 Å². The van der Waals surface area contributed by atoms with Crippen molar-refractivity contribution in [3.63, 3.8) is 0 Å². The minimum Gasteiger partial charge on any atom is -0.477 e. The number of hydrogen-bond acceptors (Lipinski definition) is 1. The molecule has 0 fully saturated rings. The summed E-state index contributed by atoms with van der Waals surface area (Å²) in [5, 5.41) is 9.13. The fourth-order valence-electron chi connectivity index (χ4n) is 1.99. The maximum absolute atomic E-state index is 11.1. The number of carboxylic acid groups (broad SMARTS) is 1. The third-order valence-corrected chi connectivity index (χ3v) is 3.52. The van der Waals surface area contributed by atoms with Crippen LogP contribution in [0.2, 0.25) is 0 Å². The van der Waals surface area contributed by atoms with Crippen molar-refractivity contribution in [1.82, 2.24) is 4.57 Å². The molecule has 0 aliphatic rings. The SMILES string of the molecule is CC(C)c1ccc(Cn2cc(Br)cc2C(=O)O)cc1. The third-order valence-electron chi connectivity index (χ3n) is 3.08. The van der Waals surface area contributed by atoms with Gasteiger partial charge in [-0.3, -0.25) is 0 Å². The van der Waals surface area contributed by atoms with E-state index < -0.39 is 5.97 Å². The predicted molar refractivity (Wildman–Crippen MR) is 78.7 cm³/mol. The molecule has 0 atom stereocenters. The van der Waals surface area contributed by atoms with Gasteiger partial charge in [-0.2, -0.15) is 0 Å². The lowest BCUT2D eigenvalue weighted by molar-refractivity contribution is 0.0685. The Kier molecular flexibility index (Phi) is 4.10. The van der Waals surface area contributed by atoms with Gasteiger partial charge in [0.1, 0.15) is 5.69 Å². The molecule has 0 amide bonds. The summed E-state index contributed by atoms with van der Waals surface area (Å²) >= 11 is 3.31. The van der Waals surface area contributed by atoms with Gasteiger partial charge in [0.25, 0.3) is 0 Å². The van der Waals surface area contributed by atoms with Gasteiger partial charge in [-0.15, -0.1) is 0 Å². The van der Waals surface area contributed by atoms with Crippen LogP contribution in [0, 0.1) is 0 Å². The highest BCUT2D eigenvalue weighted by atomic mass is 79.9. The topological polar surface area (TPSA) is 42.2 Å².